The number of hydrogen-bond acceptors (Lipinski definition) is 3. The zero-order valence-electron chi connectivity index (χ0n) is 13.0. The fourth-order valence-electron chi connectivity index (χ4n) is 1.97. The van der Waals surface area contributed by atoms with E-state index in [9.17, 15) is 17.6 Å². The van der Waals surface area contributed by atoms with Gasteiger partial charge in [0.25, 0.3) is 5.91 Å². The average molecular weight is 415 g/mol. The zero-order chi connectivity index (χ0) is 17.9. The maximum Gasteiger partial charge on any atom is 0.256 e. The Bertz CT molecular complexity index is 852. The Hall–Kier alpha value is -1.77. The van der Waals surface area contributed by atoms with Gasteiger partial charge in [-0.1, -0.05) is 0 Å². The number of sulfonamides is 1. The molecular formula is C16H16BrFN2O3S. The minimum Gasteiger partial charge on any atom is -0.322 e. The van der Waals surface area contributed by atoms with Crippen molar-refractivity contribution in [1.29, 1.82) is 0 Å². The molecule has 0 heterocycles. The first-order chi connectivity index (χ1) is 11.2. The van der Waals surface area contributed by atoms with E-state index in [0.29, 0.717) is 10.2 Å². The van der Waals surface area contributed by atoms with E-state index in [0.717, 1.165) is 0 Å². The number of halogens is 2. The smallest absolute Gasteiger partial charge is 0.256 e. The molecule has 0 atom stereocenters. The van der Waals surface area contributed by atoms with Crippen molar-refractivity contribution in [2.45, 2.75) is 24.8 Å². The number of rotatable bonds is 5. The highest BCUT2D eigenvalue weighted by Crippen LogP contribution is 2.20. The van der Waals surface area contributed by atoms with E-state index in [2.05, 4.69) is 26.0 Å². The van der Waals surface area contributed by atoms with Crippen LogP contribution in [0.15, 0.2) is 51.8 Å². The van der Waals surface area contributed by atoms with Gasteiger partial charge in [0.15, 0.2) is 0 Å². The third kappa shape index (κ3) is 4.62. The Kier molecular flexibility index (Phi) is 5.74. The quantitative estimate of drug-likeness (QED) is 0.785. The van der Waals surface area contributed by atoms with E-state index < -0.39 is 21.7 Å². The van der Waals surface area contributed by atoms with Gasteiger partial charge in [0.1, 0.15) is 5.82 Å². The predicted molar refractivity (Wildman–Crippen MR) is 94.0 cm³/mol. The molecule has 0 saturated heterocycles. The normalized spacial score (nSPS) is 11.5. The van der Waals surface area contributed by atoms with E-state index in [4.69, 9.17) is 0 Å². The number of amides is 1. The largest absolute Gasteiger partial charge is 0.322 e. The van der Waals surface area contributed by atoms with Crippen LogP contribution in [0.4, 0.5) is 10.1 Å². The third-order valence-electron chi connectivity index (χ3n) is 2.99. The Balaban J connectivity index is 2.16. The second-order valence-electron chi connectivity index (χ2n) is 5.38. The van der Waals surface area contributed by atoms with Crippen molar-refractivity contribution in [3.8, 4) is 0 Å². The molecule has 0 spiro atoms. The fraction of sp³-hybridized carbons (Fsp3) is 0.188. The van der Waals surface area contributed by atoms with Crippen molar-refractivity contribution in [3.05, 3.63) is 58.3 Å². The highest BCUT2D eigenvalue weighted by molar-refractivity contribution is 9.10. The molecule has 0 radical (unpaired) electrons. The standard InChI is InChI=1S/C16H16BrFN2O3S/c1-10(2)20-24(22,23)13-6-4-12(5-7-13)19-16(21)14-8-3-11(18)9-15(14)17/h3-10,20H,1-2H3,(H,19,21). The van der Waals surface area contributed by atoms with Gasteiger partial charge in [-0.05, 0) is 72.2 Å². The Morgan fingerprint density at radius 2 is 1.75 bits per heavy atom. The molecule has 2 rings (SSSR count). The lowest BCUT2D eigenvalue weighted by atomic mass is 10.2. The van der Waals surface area contributed by atoms with E-state index in [-0.39, 0.29) is 16.5 Å². The summed E-state index contributed by atoms with van der Waals surface area (Å²) < 4.78 is 39.9. The van der Waals surface area contributed by atoms with Gasteiger partial charge in [-0.3, -0.25) is 4.79 Å². The van der Waals surface area contributed by atoms with E-state index in [1.165, 1.54) is 42.5 Å². The lowest BCUT2D eigenvalue weighted by molar-refractivity contribution is 0.102. The molecule has 0 aromatic heterocycles. The van der Waals surface area contributed by atoms with Crippen LogP contribution in [-0.4, -0.2) is 20.4 Å². The summed E-state index contributed by atoms with van der Waals surface area (Å²) in [5.74, 6) is -0.886. The number of nitrogens with one attached hydrogen (secondary N) is 2. The number of carbonyl (C=O) groups excluding carboxylic acids is 1. The molecule has 0 aliphatic carbocycles. The summed E-state index contributed by atoms with van der Waals surface area (Å²) in [6.45, 7) is 3.46. The minimum atomic E-state index is -3.58. The molecule has 2 aromatic rings. The van der Waals surface area contributed by atoms with Gasteiger partial charge in [-0.25, -0.2) is 17.5 Å². The number of anilines is 1. The lowest BCUT2D eigenvalue weighted by Crippen LogP contribution is -2.30. The van der Waals surface area contributed by atoms with Crippen molar-refractivity contribution in [3.63, 3.8) is 0 Å². The molecule has 2 N–H and O–H groups in total. The van der Waals surface area contributed by atoms with Gasteiger partial charge in [-0.2, -0.15) is 0 Å². The second-order valence-corrected chi connectivity index (χ2v) is 7.95. The van der Waals surface area contributed by atoms with Gasteiger partial charge in [0.05, 0.1) is 10.5 Å². The summed E-state index contributed by atoms with van der Waals surface area (Å²) >= 11 is 3.13. The first kappa shape index (κ1) is 18.6. The van der Waals surface area contributed by atoms with Gasteiger partial charge < -0.3 is 5.32 Å². The molecule has 5 nitrogen and oxygen atoms in total. The van der Waals surface area contributed by atoms with Crippen LogP contribution in [0.3, 0.4) is 0 Å². The predicted octanol–water partition coefficient (Wildman–Crippen LogP) is 3.53. The van der Waals surface area contributed by atoms with Gasteiger partial charge in [0, 0.05) is 16.2 Å². The van der Waals surface area contributed by atoms with Crippen LogP contribution in [0, 0.1) is 5.82 Å². The number of benzene rings is 2. The maximum atomic E-state index is 13.1. The first-order valence-corrected chi connectivity index (χ1v) is 9.35. The van der Waals surface area contributed by atoms with Crippen LogP contribution in [0.2, 0.25) is 0 Å². The van der Waals surface area contributed by atoms with Crippen molar-refractivity contribution in [2.75, 3.05) is 5.32 Å². The topological polar surface area (TPSA) is 75.3 Å². The Labute approximate surface area is 148 Å². The number of carbonyl (C=O) groups is 1. The average Bonchev–Trinajstić information content (AvgIpc) is 2.46. The summed E-state index contributed by atoms with van der Waals surface area (Å²) in [4.78, 5) is 12.3. The van der Waals surface area contributed by atoms with Crippen molar-refractivity contribution < 1.29 is 17.6 Å². The van der Waals surface area contributed by atoms with Crippen LogP contribution in [0.25, 0.3) is 0 Å². The minimum absolute atomic E-state index is 0.108. The molecule has 2 aromatic carbocycles. The van der Waals surface area contributed by atoms with Gasteiger partial charge in [0.2, 0.25) is 10.0 Å². The Morgan fingerprint density at radius 3 is 2.29 bits per heavy atom. The fourth-order valence-corrected chi connectivity index (χ4v) is 3.75. The molecule has 0 bridgehead atoms. The molecule has 0 aliphatic rings. The van der Waals surface area contributed by atoms with Gasteiger partial charge >= 0.3 is 0 Å². The van der Waals surface area contributed by atoms with Crippen LogP contribution in [0.5, 0.6) is 0 Å². The van der Waals surface area contributed by atoms with Gasteiger partial charge in [-0.15, -0.1) is 0 Å². The Morgan fingerprint density at radius 1 is 1.12 bits per heavy atom. The highest BCUT2D eigenvalue weighted by atomic mass is 79.9. The van der Waals surface area contributed by atoms with E-state index >= 15 is 0 Å². The molecule has 1 amide bonds. The second kappa shape index (κ2) is 7.42. The molecule has 0 unspecified atom stereocenters. The summed E-state index contributed by atoms with van der Waals surface area (Å²) in [6.07, 6.45) is 0. The molecule has 24 heavy (non-hydrogen) atoms. The van der Waals surface area contributed by atoms with E-state index in [1.54, 1.807) is 13.8 Å². The summed E-state index contributed by atoms with van der Waals surface area (Å²) in [5, 5.41) is 2.63. The highest BCUT2D eigenvalue weighted by Gasteiger charge is 2.16. The molecular weight excluding hydrogens is 399 g/mol. The summed E-state index contributed by atoms with van der Waals surface area (Å²) in [6, 6.07) is 9.31. The molecule has 0 saturated carbocycles. The monoisotopic (exact) mass is 414 g/mol. The van der Waals surface area contributed by atoms with Crippen molar-refractivity contribution in [1.82, 2.24) is 4.72 Å². The van der Waals surface area contributed by atoms with Crippen LogP contribution < -0.4 is 10.0 Å². The third-order valence-corrected chi connectivity index (χ3v) is 5.32. The lowest BCUT2D eigenvalue weighted by Gasteiger charge is -2.11. The SMILES string of the molecule is CC(C)NS(=O)(=O)c1ccc(NC(=O)c2ccc(F)cc2Br)cc1. The molecule has 0 aliphatic heterocycles. The van der Waals surface area contributed by atoms with Crippen molar-refractivity contribution in [2.24, 2.45) is 0 Å². The molecule has 8 heteroatoms. The van der Waals surface area contributed by atoms with Crippen LogP contribution in [-0.2, 0) is 10.0 Å². The first-order valence-electron chi connectivity index (χ1n) is 7.08. The summed E-state index contributed by atoms with van der Waals surface area (Å²) in [5.41, 5.74) is 0.703. The van der Waals surface area contributed by atoms with Crippen LogP contribution in [0.1, 0.15) is 24.2 Å². The molecule has 128 valence electrons. The summed E-state index contributed by atoms with van der Waals surface area (Å²) in [7, 11) is -3.58. The molecule has 0 fully saturated rings. The maximum absolute atomic E-state index is 13.1. The van der Waals surface area contributed by atoms with Crippen LogP contribution >= 0.6 is 15.9 Å². The van der Waals surface area contributed by atoms with E-state index in [1.807, 2.05) is 0 Å². The van der Waals surface area contributed by atoms with Crippen molar-refractivity contribution >= 4 is 37.5 Å². The number of hydrogen-bond donors (Lipinski definition) is 2. The zero-order valence-corrected chi connectivity index (χ0v) is 15.4.